The number of aromatic nitrogens is 2. The number of para-hydroxylation sites is 1. The quantitative estimate of drug-likeness (QED) is 0.491. The molecule has 0 N–H and O–H groups in total. The minimum absolute atomic E-state index is 0.106. The molecule has 5 nitrogen and oxygen atoms in total. The molecule has 0 atom stereocenters. The Morgan fingerprint density at radius 3 is 2.63 bits per heavy atom. The Morgan fingerprint density at radius 1 is 1.11 bits per heavy atom. The average molecular weight is 396 g/mol. The van der Waals surface area contributed by atoms with Crippen LogP contribution < -0.4 is 4.74 Å². The highest BCUT2D eigenvalue weighted by Crippen LogP contribution is 2.27. The molecule has 0 aliphatic rings. The molecule has 0 aliphatic carbocycles. The van der Waals surface area contributed by atoms with Crippen molar-refractivity contribution in [2.75, 3.05) is 14.2 Å². The van der Waals surface area contributed by atoms with E-state index in [0.29, 0.717) is 12.2 Å². The Labute approximate surface area is 164 Å². The van der Waals surface area contributed by atoms with E-state index in [4.69, 9.17) is 4.74 Å². The Kier molecular flexibility index (Phi) is 4.87. The maximum absolute atomic E-state index is 12.7. The lowest BCUT2D eigenvalue weighted by Crippen LogP contribution is -2.26. The van der Waals surface area contributed by atoms with E-state index >= 15 is 0 Å². The lowest BCUT2D eigenvalue weighted by molar-refractivity contribution is 0.0780. The molecule has 0 saturated heterocycles. The molecule has 7 heteroatoms. The molecule has 2 aromatic heterocycles. The van der Waals surface area contributed by atoms with Gasteiger partial charge in [-0.05, 0) is 36.4 Å². The Morgan fingerprint density at radius 2 is 1.89 bits per heavy atom. The second-order valence-electron chi connectivity index (χ2n) is 6.00. The molecule has 2 aromatic carbocycles. The predicted molar refractivity (Wildman–Crippen MR) is 110 cm³/mol. The van der Waals surface area contributed by atoms with Gasteiger partial charge in [-0.3, -0.25) is 4.79 Å². The molecular formula is C20H17N3O2S2. The molecule has 136 valence electrons. The van der Waals surface area contributed by atoms with Gasteiger partial charge in [0.05, 0.1) is 23.9 Å². The van der Waals surface area contributed by atoms with Gasteiger partial charge in [-0.1, -0.05) is 12.1 Å². The molecule has 0 radical (unpaired) electrons. The monoisotopic (exact) mass is 395 g/mol. The summed E-state index contributed by atoms with van der Waals surface area (Å²) in [5, 5.41) is 3.53. The van der Waals surface area contributed by atoms with Gasteiger partial charge in [-0.2, -0.15) is 0 Å². The number of methoxy groups -OCH3 is 1. The molecule has 0 saturated carbocycles. The van der Waals surface area contributed by atoms with E-state index in [2.05, 4.69) is 9.97 Å². The summed E-state index contributed by atoms with van der Waals surface area (Å²) in [7, 11) is 3.41. The van der Waals surface area contributed by atoms with Crippen molar-refractivity contribution in [2.45, 2.75) is 6.54 Å². The van der Waals surface area contributed by atoms with Crippen molar-refractivity contribution in [1.82, 2.24) is 14.9 Å². The first-order chi connectivity index (χ1) is 13.1. The van der Waals surface area contributed by atoms with Gasteiger partial charge in [-0.25, -0.2) is 9.97 Å². The van der Waals surface area contributed by atoms with Crippen LogP contribution in [0.2, 0.25) is 0 Å². The number of rotatable bonds is 5. The third kappa shape index (κ3) is 3.70. The molecule has 0 aliphatic heterocycles. The highest BCUT2D eigenvalue weighted by molar-refractivity contribution is 7.18. The second-order valence-corrected chi connectivity index (χ2v) is 7.98. The number of hydrogen-bond acceptors (Lipinski definition) is 6. The van der Waals surface area contributed by atoms with Crippen LogP contribution >= 0.6 is 22.7 Å². The van der Waals surface area contributed by atoms with E-state index in [0.717, 1.165) is 31.5 Å². The Hall–Kier alpha value is -2.77. The maximum Gasteiger partial charge on any atom is 0.273 e. The highest BCUT2D eigenvalue weighted by atomic mass is 32.1. The van der Waals surface area contributed by atoms with Crippen LogP contribution in [0.25, 0.3) is 20.8 Å². The van der Waals surface area contributed by atoms with Gasteiger partial charge in [0.25, 0.3) is 5.91 Å². The number of thiazole rings is 2. The fraction of sp³-hybridized carbons (Fsp3) is 0.150. The maximum atomic E-state index is 12.7. The molecule has 0 bridgehead atoms. The molecule has 0 fully saturated rings. The van der Waals surface area contributed by atoms with E-state index in [1.165, 1.54) is 11.3 Å². The molecule has 2 heterocycles. The van der Waals surface area contributed by atoms with Crippen molar-refractivity contribution in [2.24, 2.45) is 0 Å². The van der Waals surface area contributed by atoms with Crippen LogP contribution in [-0.4, -0.2) is 34.9 Å². The number of amides is 1. The summed E-state index contributed by atoms with van der Waals surface area (Å²) in [4.78, 5) is 23.5. The van der Waals surface area contributed by atoms with Gasteiger partial charge >= 0.3 is 0 Å². The molecule has 4 aromatic rings. The topological polar surface area (TPSA) is 55.3 Å². The van der Waals surface area contributed by atoms with Crippen molar-refractivity contribution in [1.29, 1.82) is 0 Å². The van der Waals surface area contributed by atoms with E-state index in [1.807, 2.05) is 48.5 Å². The first-order valence-electron chi connectivity index (χ1n) is 8.34. The summed E-state index contributed by atoms with van der Waals surface area (Å²) in [5.74, 6) is 0.687. The normalized spacial score (nSPS) is 10.9. The summed E-state index contributed by atoms with van der Waals surface area (Å²) in [6.07, 6.45) is 0. The van der Waals surface area contributed by atoms with Gasteiger partial charge in [0.1, 0.15) is 21.5 Å². The number of carbonyl (C=O) groups excluding carboxylic acids is 1. The van der Waals surface area contributed by atoms with Gasteiger partial charge in [0.15, 0.2) is 0 Å². The molecule has 0 spiro atoms. The van der Waals surface area contributed by atoms with Crippen LogP contribution in [0.1, 0.15) is 15.5 Å². The first-order valence-corrected chi connectivity index (χ1v) is 10.0. The SMILES string of the molecule is COc1ccc(-c2nc(C(=O)N(C)Cc3nc4ccccc4s3)cs2)cc1. The summed E-state index contributed by atoms with van der Waals surface area (Å²) < 4.78 is 6.30. The number of nitrogens with zero attached hydrogens (tertiary/aromatic N) is 3. The summed E-state index contributed by atoms with van der Waals surface area (Å²) in [6, 6.07) is 15.6. The van der Waals surface area contributed by atoms with Crippen molar-refractivity contribution in [3.05, 3.63) is 64.6 Å². The van der Waals surface area contributed by atoms with Gasteiger partial charge < -0.3 is 9.64 Å². The number of benzene rings is 2. The van der Waals surface area contributed by atoms with E-state index < -0.39 is 0 Å². The van der Waals surface area contributed by atoms with Crippen molar-refractivity contribution >= 4 is 38.8 Å². The number of carbonyl (C=O) groups is 1. The molecular weight excluding hydrogens is 378 g/mol. The number of hydrogen-bond donors (Lipinski definition) is 0. The first kappa shape index (κ1) is 17.6. The average Bonchev–Trinajstić information content (AvgIpc) is 3.34. The minimum atomic E-state index is -0.106. The highest BCUT2D eigenvalue weighted by Gasteiger charge is 2.18. The molecule has 0 unspecified atom stereocenters. The summed E-state index contributed by atoms with van der Waals surface area (Å²) in [6.45, 7) is 0.466. The molecule has 27 heavy (non-hydrogen) atoms. The lowest BCUT2D eigenvalue weighted by atomic mass is 10.2. The van der Waals surface area contributed by atoms with Crippen LogP contribution in [0, 0.1) is 0 Å². The van der Waals surface area contributed by atoms with Crippen LogP contribution in [0.15, 0.2) is 53.9 Å². The zero-order chi connectivity index (χ0) is 18.8. The smallest absolute Gasteiger partial charge is 0.273 e. The fourth-order valence-corrected chi connectivity index (χ4v) is 4.52. The van der Waals surface area contributed by atoms with Gasteiger partial charge in [0, 0.05) is 18.0 Å². The fourth-order valence-electron chi connectivity index (χ4n) is 2.70. The van der Waals surface area contributed by atoms with Crippen molar-refractivity contribution in [3.63, 3.8) is 0 Å². The minimum Gasteiger partial charge on any atom is -0.497 e. The van der Waals surface area contributed by atoms with E-state index in [9.17, 15) is 4.79 Å². The predicted octanol–water partition coefficient (Wildman–Crippen LogP) is 4.70. The zero-order valence-electron chi connectivity index (χ0n) is 14.9. The van der Waals surface area contributed by atoms with Crippen LogP contribution in [-0.2, 0) is 6.54 Å². The Bertz CT molecular complexity index is 1050. The molecule has 1 amide bonds. The number of fused-ring (bicyclic) bond motifs is 1. The zero-order valence-corrected chi connectivity index (χ0v) is 16.5. The third-order valence-corrected chi connectivity index (χ3v) is 6.03. The lowest BCUT2D eigenvalue weighted by Gasteiger charge is -2.13. The van der Waals surface area contributed by atoms with Crippen LogP contribution in [0.3, 0.4) is 0 Å². The van der Waals surface area contributed by atoms with E-state index in [1.54, 1.807) is 35.8 Å². The van der Waals surface area contributed by atoms with Gasteiger partial charge in [0.2, 0.25) is 0 Å². The molecule has 4 rings (SSSR count). The number of ether oxygens (including phenoxy) is 1. The van der Waals surface area contributed by atoms with E-state index in [-0.39, 0.29) is 5.91 Å². The van der Waals surface area contributed by atoms with Crippen LogP contribution in [0.5, 0.6) is 5.75 Å². The Balaban J connectivity index is 1.49. The third-order valence-electron chi connectivity index (χ3n) is 4.12. The standard InChI is InChI=1S/C20H17N3O2S2/c1-23(11-18-21-15-5-3-4-6-17(15)27-18)20(24)16-12-26-19(22-16)13-7-9-14(25-2)10-8-13/h3-10,12H,11H2,1-2H3. The largest absolute Gasteiger partial charge is 0.497 e. The van der Waals surface area contributed by atoms with Crippen molar-refractivity contribution in [3.8, 4) is 16.3 Å². The second kappa shape index (κ2) is 7.46. The van der Waals surface area contributed by atoms with Gasteiger partial charge in [-0.15, -0.1) is 22.7 Å². The summed E-state index contributed by atoms with van der Waals surface area (Å²) >= 11 is 3.07. The van der Waals surface area contributed by atoms with Crippen molar-refractivity contribution < 1.29 is 9.53 Å². The summed E-state index contributed by atoms with van der Waals surface area (Å²) in [5.41, 5.74) is 2.39. The van der Waals surface area contributed by atoms with Crippen LogP contribution in [0.4, 0.5) is 0 Å².